The number of nitrogens with zero attached hydrogens (tertiary/aromatic N) is 1. The Morgan fingerprint density at radius 3 is 2.72 bits per heavy atom. The van der Waals surface area contributed by atoms with Gasteiger partial charge in [-0.1, -0.05) is 13.0 Å². The number of hydrogen-bond acceptors (Lipinski definition) is 4. The zero-order valence-electron chi connectivity index (χ0n) is 15.0. The van der Waals surface area contributed by atoms with Gasteiger partial charge in [-0.3, -0.25) is 9.59 Å². The highest BCUT2D eigenvalue weighted by molar-refractivity contribution is 5.98. The average Bonchev–Trinajstić information content (AvgIpc) is 2.91. The molecule has 1 atom stereocenters. The summed E-state index contributed by atoms with van der Waals surface area (Å²) in [6, 6.07) is 5.01. The number of rotatable bonds is 5. The third-order valence-electron chi connectivity index (χ3n) is 5.52. The van der Waals surface area contributed by atoms with Crippen molar-refractivity contribution in [3.05, 3.63) is 29.3 Å². The molecule has 25 heavy (non-hydrogen) atoms. The van der Waals surface area contributed by atoms with E-state index in [1.54, 1.807) is 12.1 Å². The molecule has 136 valence electrons. The van der Waals surface area contributed by atoms with Crippen LogP contribution in [0.15, 0.2) is 18.2 Å². The predicted octanol–water partition coefficient (Wildman–Crippen LogP) is 3.50. The third-order valence-corrected chi connectivity index (χ3v) is 5.52. The van der Waals surface area contributed by atoms with Gasteiger partial charge in [0.25, 0.3) is 5.91 Å². The van der Waals surface area contributed by atoms with E-state index in [4.69, 9.17) is 4.74 Å². The molecule has 0 radical (unpaired) electrons. The summed E-state index contributed by atoms with van der Waals surface area (Å²) in [6.45, 7) is 5.28. The number of esters is 1. The summed E-state index contributed by atoms with van der Waals surface area (Å²) >= 11 is 0. The predicted molar refractivity (Wildman–Crippen MR) is 94.1 cm³/mol. The Morgan fingerprint density at radius 1 is 1.32 bits per heavy atom. The summed E-state index contributed by atoms with van der Waals surface area (Å²) in [5, 5.41) is 9.57. The van der Waals surface area contributed by atoms with Crippen LogP contribution in [0.2, 0.25) is 0 Å². The molecular formula is C20H27NO4. The Balaban J connectivity index is 1.50. The summed E-state index contributed by atoms with van der Waals surface area (Å²) in [6.07, 6.45) is 4.42. The summed E-state index contributed by atoms with van der Waals surface area (Å²) in [5.41, 5.74) is 1.60. The van der Waals surface area contributed by atoms with Gasteiger partial charge in [-0.2, -0.15) is 0 Å². The fourth-order valence-corrected chi connectivity index (χ4v) is 3.77. The van der Waals surface area contributed by atoms with E-state index in [0.29, 0.717) is 18.0 Å². The number of fused-ring (bicyclic) bond motifs is 1. The van der Waals surface area contributed by atoms with Gasteiger partial charge in [0, 0.05) is 18.7 Å². The Morgan fingerprint density at radius 2 is 2.04 bits per heavy atom. The number of phenols is 1. The molecule has 0 saturated heterocycles. The van der Waals surface area contributed by atoms with Crippen LogP contribution in [0.3, 0.4) is 0 Å². The first-order valence-corrected chi connectivity index (χ1v) is 9.29. The third kappa shape index (κ3) is 3.97. The Bertz CT molecular complexity index is 649. The van der Waals surface area contributed by atoms with Crippen molar-refractivity contribution in [3.8, 4) is 5.75 Å². The summed E-state index contributed by atoms with van der Waals surface area (Å²) in [5.74, 6) is 0.514. The lowest BCUT2D eigenvalue weighted by Crippen LogP contribution is -2.33. The molecule has 5 nitrogen and oxygen atoms in total. The van der Waals surface area contributed by atoms with Crippen molar-refractivity contribution in [2.24, 2.45) is 11.8 Å². The largest absolute Gasteiger partial charge is 0.508 e. The first-order valence-electron chi connectivity index (χ1n) is 9.29. The van der Waals surface area contributed by atoms with Crippen LogP contribution in [-0.2, 0) is 16.1 Å². The van der Waals surface area contributed by atoms with E-state index in [2.05, 4.69) is 0 Å². The van der Waals surface area contributed by atoms with Gasteiger partial charge in [0.15, 0.2) is 0 Å². The molecule has 1 aliphatic carbocycles. The van der Waals surface area contributed by atoms with E-state index in [-0.39, 0.29) is 29.6 Å². The quantitative estimate of drug-likeness (QED) is 0.830. The highest BCUT2D eigenvalue weighted by Gasteiger charge is 2.33. The van der Waals surface area contributed by atoms with Crippen molar-refractivity contribution in [1.29, 1.82) is 0 Å². The number of benzene rings is 1. The molecule has 1 amide bonds. The van der Waals surface area contributed by atoms with Gasteiger partial charge in [-0.15, -0.1) is 0 Å². The van der Waals surface area contributed by atoms with Gasteiger partial charge in [0.1, 0.15) is 5.75 Å². The number of phenolic OH excluding ortho intramolecular Hbond substituents is 1. The number of carbonyl (C=O) groups excluding carboxylic acids is 2. The molecule has 1 aromatic rings. The molecule has 1 aromatic carbocycles. The van der Waals surface area contributed by atoms with Gasteiger partial charge in [-0.25, -0.2) is 0 Å². The maximum Gasteiger partial charge on any atom is 0.309 e. The standard InChI is InChI=1S/C20H27NO4/c1-3-13(2)25-20(24)15-6-4-14(5-7-15)11-21-12-16-8-9-17(22)10-18(16)19(21)23/h8-10,13-15,22H,3-7,11-12H2,1-2H3. The second kappa shape index (κ2) is 7.46. The topological polar surface area (TPSA) is 66.8 Å². The van der Waals surface area contributed by atoms with Crippen LogP contribution in [0, 0.1) is 11.8 Å². The van der Waals surface area contributed by atoms with Gasteiger partial charge in [0.2, 0.25) is 0 Å². The smallest absolute Gasteiger partial charge is 0.309 e. The second-order valence-electron chi connectivity index (χ2n) is 7.40. The number of amides is 1. The molecular weight excluding hydrogens is 318 g/mol. The van der Waals surface area contributed by atoms with Crippen molar-refractivity contribution < 1.29 is 19.4 Å². The van der Waals surface area contributed by atoms with Crippen molar-refractivity contribution in [2.75, 3.05) is 6.54 Å². The van der Waals surface area contributed by atoms with E-state index < -0.39 is 0 Å². The van der Waals surface area contributed by atoms with Crippen LogP contribution >= 0.6 is 0 Å². The number of carbonyl (C=O) groups is 2. The van der Waals surface area contributed by atoms with E-state index in [1.807, 2.05) is 24.8 Å². The summed E-state index contributed by atoms with van der Waals surface area (Å²) < 4.78 is 5.45. The van der Waals surface area contributed by atoms with E-state index >= 15 is 0 Å². The van der Waals surface area contributed by atoms with E-state index in [0.717, 1.165) is 44.2 Å². The van der Waals surface area contributed by atoms with Crippen LogP contribution in [-0.4, -0.2) is 34.5 Å². The minimum absolute atomic E-state index is 0.00389. The van der Waals surface area contributed by atoms with Crippen LogP contribution in [0.25, 0.3) is 0 Å². The van der Waals surface area contributed by atoms with Crippen molar-refractivity contribution in [1.82, 2.24) is 4.90 Å². The van der Waals surface area contributed by atoms with Crippen LogP contribution in [0.5, 0.6) is 5.75 Å². The monoisotopic (exact) mass is 345 g/mol. The van der Waals surface area contributed by atoms with E-state index in [9.17, 15) is 14.7 Å². The van der Waals surface area contributed by atoms with Crippen LogP contribution in [0.1, 0.15) is 61.9 Å². The Hall–Kier alpha value is -2.04. The van der Waals surface area contributed by atoms with Gasteiger partial charge in [-0.05, 0) is 62.6 Å². The number of ether oxygens (including phenoxy) is 1. The lowest BCUT2D eigenvalue weighted by Gasteiger charge is -2.30. The molecule has 1 aliphatic heterocycles. The van der Waals surface area contributed by atoms with Gasteiger partial charge >= 0.3 is 5.97 Å². The molecule has 2 aliphatic rings. The summed E-state index contributed by atoms with van der Waals surface area (Å²) in [7, 11) is 0. The van der Waals surface area contributed by atoms with Gasteiger partial charge < -0.3 is 14.7 Å². The van der Waals surface area contributed by atoms with Crippen LogP contribution in [0.4, 0.5) is 0 Å². The highest BCUT2D eigenvalue weighted by Crippen LogP contribution is 2.33. The minimum atomic E-state index is -0.0621. The maximum atomic E-state index is 12.5. The first-order chi connectivity index (χ1) is 12.0. The molecule has 1 unspecified atom stereocenters. The molecule has 5 heteroatoms. The SMILES string of the molecule is CCC(C)OC(=O)C1CCC(CN2Cc3ccc(O)cc3C2=O)CC1. The highest BCUT2D eigenvalue weighted by atomic mass is 16.5. The number of aromatic hydroxyl groups is 1. The summed E-state index contributed by atoms with van der Waals surface area (Å²) in [4.78, 5) is 26.5. The zero-order valence-corrected chi connectivity index (χ0v) is 15.0. The molecule has 3 rings (SSSR count). The lowest BCUT2D eigenvalue weighted by atomic mass is 9.82. The molecule has 1 N–H and O–H groups in total. The van der Waals surface area contributed by atoms with Crippen molar-refractivity contribution >= 4 is 11.9 Å². The van der Waals surface area contributed by atoms with Crippen molar-refractivity contribution in [2.45, 2.75) is 58.6 Å². The number of hydrogen-bond donors (Lipinski definition) is 1. The zero-order chi connectivity index (χ0) is 18.0. The Labute approximate surface area is 149 Å². The van der Waals surface area contributed by atoms with Crippen molar-refractivity contribution in [3.63, 3.8) is 0 Å². The molecule has 0 aromatic heterocycles. The molecule has 1 heterocycles. The fraction of sp³-hybridized carbons (Fsp3) is 0.600. The maximum absolute atomic E-state index is 12.5. The fourth-order valence-electron chi connectivity index (χ4n) is 3.77. The minimum Gasteiger partial charge on any atom is -0.508 e. The normalized spacial score (nSPS) is 24.1. The van der Waals surface area contributed by atoms with Crippen LogP contribution < -0.4 is 0 Å². The second-order valence-corrected chi connectivity index (χ2v) is 7.40. The van der Waals surface area contributed by atoms with E-state index in [1.165, 1.54) is 0 Å². The molecule has 1 fully saturated rings. The average molecular weight is 345 g/mol. The lowest BCUT2D eigenvalue weighted by molar-refractivity contribution is -0.154. The molecule has 0 bridgehead atoms. The first kappa shape index (κ1) is 17.8. The molecule has 0 spiro atoms. The Kier molecular flexibility index (Phi) is 5.30. The van der Waals surface area contributed by atoms with Gasteiger partial charge in [0.05, 0.1) is 12.0 Å². The molecule has 1 saturated carbocycles.